The van der Waals surface area contributed by atoms with Crippen molar-refractivity contribution in [2.75, 3.05) is 7.11 Å². The normalized spacial score (nSPS) is 13.5. The number of pyridine rings is 2. The summed E-state index contributed by atoms with van der Waals surface area (Å²) >= 11 is 0. The van der Waals surface area contributed by atoms with Crippen LogP contribution in [0.1, 0.15) is 23.2 Å². The third-order valence-electron chi connectivity index (χ3n) is 4.02. The Labute approximate surface area is 144 Å². The second kappa shape index (κ2) is 6.35. The van der Waals surface area contributed by atoms with Gasteiger partial charge in [-0.05, 0) is 36.6 Å². The van der Waals surface area contributed by atoms with Gasteiger partial charge in [0.2, 0.25) is 5.88 Å². The van der Waals surface area contributed by atoms with Crippen molar-refractivity contribution in [3.05, 3.63) is 54.6 Å². The SMILES string of the molecule is COc1cc(-c2cnn(-c3ccc(C(=O)NC4CC4)cn3)c2)ccn1. The van der Waals surface area contributed by atoms with Gasteiger partial charge < -0.3 is 10.1 Å². The fraction of sp³-hybridized carbons (Fsp3) is 0.222. The largest absolute Gasteiger partial charge is 0.481 e. The molecule has 0 aliphatic heterocycles. The number of hydrogen-bond donors (Lipinski definition) is 1. The lowest BCUT2D eigenvalue weighted by Gasteiger charge is -2.04. The molecule has 1 N–H and O–H groups in total. The Bertz CT molecular complexity index is 900. The first-order valence-electron chi connectivity index (χ1n) is 8.05. The molecule has 7 heteroatoms. The Morgan fingerprint density at radius 3 is 2.80 bits per heavy atom. The van der Waals surface area contributed by atoms with Crippen LogP contribution in [-0.2, 0) is 0 Å². The topological polar surface area (TPSA) is 81.9 Å². The van der Waals surface area contributed by atoms with E-state index in [-0.39, 0.29) is 5.91 Å². The van der Waals surface area contributed by atoms with Gasteiger partial charge in [-0.15, -0.1) is 0 Å². The number of nitrogens with zero attached hydrogens (tertiary/aromatic N) is 4. The molecule has 126 valence electrons. The molecular weight excluding hydrogens is 318 g/mol. The maximum Gasteiger partial charge on any atom is 0.253 e. The molecule has 3 heterocycles. The molecule has 7 nitrogen and oxygen atoms in total. The summed E-state index contributed by atoms with van der Waals surface area (Å²) in [6, 6.07) is 7.61. The van der Waals surface area contributed by atoms with Crippen LogP contribution < -0.4 is 10.1 Å². The summed E-state index contributed by atoms with van der Waals surface area (Å²) in [4.78, 5) is 20.4. The van der Waals surface area contributed by atoms with Crippen molar-refractivity contribution in [2.24, 2.45) is 0 Å². The van der Waals surface area contributed by atoms with Crippen LogP contribution in [0.15, 0.2) is 49.1 Å². The first kappa shape index (κ1) is 15.3. The number of hydrogen-bond acceptors (Lipinski definition) is 5. The van der Waals surface area contributed by atoms with Gasteiger partial charge in [0, 0.05) is 36.3 Å². The van der Waals surface area contributed by atoms with Crippen molar-refractivity contribution in [1.82, 2.24) is 25.1 Å². The summed E-state index contributed by atoms with van der Waals surface area (Å²) < 4.78 is 6.82. The first-order chi connectivity index (χ1) is 12.2. The molecule has 1 amide bonds. The number of carbonyl (C=O) groups is 1. The summed E-state index contributed by atoms with van der Waals surface area (Å²) in [6.07, 6.45) is 9.02. The van der Waals surface area contributed by atoms with Crippen LogP contribution in [0.2, 0.25) is 0 Å². The average Bonchev–Trinajstić information content (AvgIpc) is 3.33. The van der Waals surface area contributed by atoms with E-state index in [1.54, 1.807) is 42.5 Å². The van der Waals surface area contributed by atoms with Gasteiger partial charge in [0.25, 0.3) is 5.91 Å². The highest BCUT2D eigenvalue weighted by atomic mass is 16.5. The Kier molecular flexibility index (Phi) is 3.89. The van der Waals surface area contributed by atoms with Crippen molar-refractivity contribution in [3.8, 4) is 22.8 Å². The van der Waals surface area contributed by atoms with Gasteiger partial charge in [-0.1, -0.05) is 0 Å². The average molecular weight is 335 g/mol. The maximum absolute atomic E-state index is 12.0. The summed E-state index contributed by atoms with van der Waals surface area (Å²) in [5.41, 5.74) is 2.44. The Morgan fingerprint density at radius 2 is 2.08 bits per heavy atom. The zero-order chi connectivity index (χ0) is 17.2. The Morgan fingerprint density at radius 1 is 1.20 bits per heavy atom. The lowest BCUT2D eigenvalue weighted by molar-refractivity contribution is 0.0950. The van der Waals surface area contributed by atoms with E-state index in [1.165, 1.54) is 0 Å². The molecule has 4 rings (SSSR count). The number of carbonyl (C=O) groups excluding carboxylic acids is 1. The van der Waals surface area contributed by atoms with E-state index < -0.39 is 0 Å². The van der Waals surface area contributed by atoms with E-state index in [1.807, 2.05) is 18.3 Å². The number of methoxy groups -OCH3 is 1. The number of rotatable bonds is 5. The highest BCUT2D eigenvalue weighted by Crippen LogP contribution is 2.22. The standard InChI is InChI=1S/C18H17N5O2/c1-25-17-8-12(6-7-19-17)14-10-21-23(11-14)16-5-2-13(9-20-16)18(24)22-15-3-4-15/h2,5-11,15H,3-4H2,1H3,(H,22,24). The lowest BCUT2D eigenvalue weighted by atomic mass is 10.1. The molecule has 0 unspecified atom stereocenters. The van der Waals surface area contributed by atoms with E-state index in [2.05, 4.69) is 20.4 Å². The zero-order valence-electron chi connectivity index (χ0n) is 13.7. The number of nitrogens with one attached hydrogen (secondary N) is 1. The van der Waals surface area contributed by atoms with Gasteiger partial charge in [-0.2, -0.15) is 5.10 Å². The lowest BCUT2D eigenvalue weighted by Crippen LogP contribution is -2.25. The summed E-state index contributed by atoms with van der Waals surface area (Å²) in [7, 11) is 1.58. The van der Waals surface area contributed by atoms with Crippen LogP contribution in [0.5, 0.6) is 5.88 Å². The molecule has 3 aromatic rings. The second-order valence-electron chi connectivity index (χ2n) is 5.91. The van der Waals surface area contributed by atoms with E-state index in [9.17, 15) is 4.79 Å². The predicted octanol–water partition coefficient (Wildman–Crippen LogP) is 2.23. The molecule has 1 aliphatic rings. The summed E-state index contributed by atoms with van der Waals surface area (Å²) in [5.74, 6) is 1.12. The fourth-order valence-electron chi connectivity index (χ4n) is 2.45. The molecule has 0 aromatic carbocycles. The van der Waals surface area contributed by atoms with Crippen molar-refractivity contribution >= 4 is 5.91 Å². The van der Waals surface area contributed by atoms with Crippen molar-refractivity contribution in [1.29, 1.82) is 0 Å². The van der Waals surface area contributed by atoms with E-state index >= 15 is 0 Å². The molecule has 0 atom stereocenters. The van der Waals surface area contributed by atoms with Crippen LogP contribution in [0, 0.1) is 0 Å². The number of aromatic nitrogens is 4. The van der Waals surface area contributed by atoms with E-state index in [0.29, 0.717) is 23.3 Å². The molecular formula is C18H17N5O2. The molecule has 25 heavy (non-hydrogen) atoms. The van der Waals surface area contributed by atoms with Gasteiger partial charge in [0.1, 0.15) is 0 Å². The molecule has 3 aromatic heterocycles. The van der Waals surface area contributed by atoms with Gasteiger partial charge in [0.05, 0.1) is 18.9 Å². The van der Waals surface area contributed by atoms with Gasteiger partial charge in [0.15, 0.2) is 5.82 Å². The van der Waals surface area contributed by atoms with Gasteiger partial charge in [-0.25, -0.2) is 14.6 Å². The molecule has 0 spiro atoms. The van der Waals surface area contributed by atoms with Crippen LogP contribution in [-0.4, -0.2) is 38.8 Å². The minimum absolute atomic E-state index is 0.0772. The Hall–Kier alpha value is -3.22. The number of amides is 1. The molecule has 0 radical (unpaired) electrons. The van der Waals surface area contributed by atoms with Crippen LogP contribution in [0.3, 0.4) is 0 Å². The third-order valence-corrected chi connectivity index (χ3v) is 4.02. The van der Waals surface area contributed by atoms with E-state index in [4.69, 9.17) is 4.74 Å². The second-order valence-corrected chi connectivity index (χ2v) is 5.91. The molecule has 1 fully saturated rings. The fourth-order valence-corrected chi connectivity index (χ4v) is 2.45. The maximum atomic E-state index is 12.0. The molecule has 0 bridgehead atoms. The Balaban J connectivity index is 1.54. The molecule has 0 saturated heterocycles. The predicted molar refractivity (Wildman–Crippen MR) is 91.6 cm³/mol. The van der Waals surface area contributed by atoms with Crippen LogP contribution in [0.25, 0.3) is 16.9 Å². The van der Waals surface area contributed by atoms with Crippen molar-refractivity contribution in [3.63, 3.8) is 0 Å². The summed E-state index contributed by atoms with van der Waals surface area (Å²) in [6.45, 7) is 0. The van der Waals surface area contributed by atoms with Gasteiger partial charge in [-0.3, -0.25) is 4.79 Å². The smallest absolute Gasteiger partial charge is 0.253 e. The zero-order valence-corrected chi connectivity index (χ0v) is 13.7. The highest BCUT2D eigenvalue weighted by molar-refractivity contribution is 5.94. The monoisotopic (exact) mass is 335 g/mol. The van der Waals surface area contributed by atoms with Crippen LogP contribution in [0.4, 0.5) is 0 Å². The minimum atomic E-state index is -0.0772. The minimum Gasteiger partial charge on any atom is -0.481 e. The van der Waals surface area contributed by atoms with E-state index in [0.717, 1.165) is 24.0 Å². The molecule has 1 saturated carbocycles. The number of ether oxygens (including phenoxy) is 1. The first-order valence-corrected chi connectivity index (χ1v) is 8.05. The quantitative estimate of drug-likeness (QED) is 0.773. The third kappa shape index (κ3) is 3.35. The summed E-state index contributed by atoms with van der Waals surface area (Å²) in [5, 5.41) is 7.29. The van der Waals surface area contributed by atoms with Crippen molar-refractivity contribution < 1.29 is 9.53 Å². The molecule has 1 aliphatic carbocycles. The van der Waals surface area contributed by atoms with Gasteiger partial charge >= 0.3 is 0 Å². The van der Waals surface area contributed by atoms with Crippen molar-refractivity contribution in [2.45, 2.75) is 18.9 Å². The highest BCUT2D eigenvalue weighted by Gasteiger charge is 2.23. The van der Waals surface area contributed by atoms with Crippen LogP contribution >= 0.6 is 0 Å².